The molecular weight excluding hydrogens is 275 g/mol. The summed E-state index contributed by atoms with van der Waals surface area (Å²) in [6, 6.07) is 4.90. The van der Waals surface area contributed by atoms with E-state index >= 15 is 0 Å². The molecule has 1 unspecified atom stereocenters. The van der Waals surface area contributed by atoms with Gasteiger partial charge >= 0.3 is 12.1 Å². The normalized spacial score (nSPS) is 18.6. The van der Waals surface area contributed by atoms with E-state index in [1.807, 2.05) is 0 Å². The number of hydrogen-bond acceptors (Lipinski definition) is 3. The van der Waals surface area contributed by atoms with Crippen molar-refractivity contribution < 1.29 is 27.8 Å². The number of hydrogen-bond donors (Lipinski definition) is 1. The Balaban J connectivity index is 2.00. The highest BCUT2D eigenvalue weighted by Crippen LogP contribution is 2.29. The fourth-order valence-electron chi connectivity index (χ4n) is 1.90. The third-order valence-corrected chi connectivity index (χ3v) is 2.79. The second-order valence-corrected chi connectivity index (χ2v) is 4.45. The minimum absolute atomic E-state index is 0.125. The summed E-state index contributed by atoms with van der Waals surface area (Å²) in [5, 5.41) is 8.62. The fraction of sp³-hybridized carbons (Fsp3) is 0.385. The van der Waals surface area contributed by atoms with Gasteiger partial charge in [-0.3, -0.25) is 9.79 Å². The maximum absolute atomic E-state index is 12.6. The summed E-state index contributed by atoms with van der Waals surface area (Å²) >= 11 is 0. The molecule has 4 nitrogen and oxygen atoms in total. The van der Waals surface area contributed by atoms with Crippen LogP contribution >= 0.6 is 0 Å². The van der Waals surface area contributed by atoms with Crippen LogP contribution in [0.3, 0.4) is 0 Å². The Morgan fingerprint density at radius 1 is 1.45 bits per heavy atom. The molecule has 0 aromatic heterocycles. The highest BCUT2D eigenvalue weighted by atomic mass is 19.4. The van der Waals surface area contributed by atoms with Crippen LogP contribution in [0.25, 0.3) is 0 Å². The molecule has 0 saturated heterocycles. The number of nitrogens with zero attached hydrogens (tertiary/aromatic N) is 1. The lowest BCUT2D eigenvalue weighted by Crippen LogP contribution is -2.18. The van der Waals surface area contributed by atoms with Gasteiger partial charge in [0, 0.05) is 6.42 Å². The number of carboxylic acids is 1. The fourth-order valence-corrected chi connectivity index (χ4v) is 1.90. The van der Waals surface area contributed by atoms with E-state index in [0.717, 1.165) is 12.1 Å². The highest BCUT2D eigenvalue weighted by Gasteiger charge is 2.30. The molecule has 1 aromatic rings. The van der Waals surface area contributed by atoms with E-state index in [1.54, 1.807) is 6.07 Å². The van der Waals surface area contributed by atoms with Crippen LogP contribution in [0.1, 0.15) is 17.5 Å². The van der Waals surface area contributed by atoms with Gasteiger partial charge in [-0.2, -0.15) is 13.2 Å². The third-order valence-electron chi connectivity index (χ3n) is 2.79. The Labute approximate surface area is 112 Å². The molecule has 0 saturated carbocycles. The van der Waals surface area contributed by atoms with Crippen LogP contribution in [0.2, 0.25) is 0 Å². The number of rotatable bonds is 4. The van der Waals surface area contributed by atoms with Crippen molar-refractivity contribution in [2.45, 2.75) is 25.1 Å². The first-order chi connectivity index (χ1) is 9.34. The summed E-state index contributed by atoms with van der Waals surface area (Å²) < 4.78 is 43.0. The van der Waals surface area contributed by atoms with Gasteiger partial charge in [-0.15, -0.1) is 0 Å². The van der Waals surface area contributed by atoms with Crippen LogP contribution in [-0.2, 0) is 22.1 Å². The van der Waals surface area contributed by atoms with Crippen LogP contribution in [0.15, 0.2) is 29.3 Å². The van der Waals surface area contributed by atoms with Gasteiger partial charge in [0.2, 0.25) is 0 Å². The van der Waals surface area contributed by atoms with Crippen LogP contribution in [-0.4, -0.2) is 29.6 Å². The van der Waals surface area contributed by atoms with E-state index in [4.69, 9.17) is 9.84 Å². The molecule has 0 amide bonds. The first-order valence-corrected chi connectivity index (χ1v) is 5.92. The van der Waals surface area contributed by atoms with Crippen LogP contribution in [0.4, 0.5) is 13.2 Å². The van der Waals surface area contributed by atoms with E-state index in [0.29, 0.717) is 5.56 Å². The molecule has 1 aromatic carbocycles. The van der Waals surface area contributed by atoms with Gasteiger partial charge in [-0.25, -0.2) is 0 Å². The quantitative estimate of drug-likeness (QED) is 0.925. The number of benzene rings is 1. The Kier molecular flexibility index (Phi) is 3.96. The lowest BCUT2D eigenvalue weighted by atomic mass is 10.1. The molecule has 20 heavy (non-hydrogen) atoms. The van der Waals surface area contributed by atoms with Gasteiger partial charge in [0.15, 0.2) is 5.90 Å². The van der Waals surface area contributed by atoms with Crippen molar-refractivity contribution in [3.05, 3.63) is 35.4 Å². The summed E-state index contributed by atoms with van der Waals surface area (Å²) in [5.41, 5.74) is -0.301. The number of aliphatic imine (C=N–C) groups is 1. The standard InChI is InChI=1S/C13H12F3NO3/c14-13(15,16)9-3-1-2-8(4-9)5-11-17-7-10(20-11)6-12(18)19/h1-4,10H,5-7H2,(H,18,19). The summed E-state index contributed by atoms with van der Waals surface area (Å²) in [6.45, 7) is 0.223. The molecule has 0 bridgehead atoms. The van der Waals surface area contributed by atoms with E-state index < -0.39 is 23.8 Å². The lowest BCUT2D eigenvalue weighted by Gasteiger charge is -2.10. The Bertz CT molecular complexity index is 540. The molecule has 1 heterocycles. The molecule has 1 atom stereocenters. The lowest BCUT2D eigenvalue weighted by molar-refractivity contribution is -0.139. The molecule has 0 spiro atoms. The van der Waals surface area contributed by atoms with Gasteiger partial charge in [-0.1, -0.05) is 18.2 Å². The molecule has 1 N–H and O–H groups in total. The van der Waals surface area contributed by atoms with E-state index in [-0.39, 0.29) is 25.3 Å². The molecule has 1 aliphatic rings. The van der Waals surface area contributed by atoms with Gasteiger partial charge in [0.25, 0.3) is 0 Å². The highest BCUT2D eigenvalue weighted by molar-refractivity contribution is 5.81. The number of aliphatic carboxylic acids is 1. The monoisotopic (exact) mass is 287 g/mol. The minimum atomic E-state index is -4.39. The number of carboxylic acid groups (broad SMARTS) is 1. The van der Waals surface area contributed by atoms with Crippen molar-refractivity contribution in [2.24, 2.45) is 4.99 Å². The Morgan fingerprint density at radius 3 is 2.85 bits per heavy atom. The molecule has 2 rings (SSSR count). The predicted octanol–water partition coefficient (Wildman–Crippen LogP) is 2.52. The molecular formula is C13H12F3NO3. The van der Waals surface area contributed by atoms with E-state index in [9.17, 15) is 18.0 Å². The summed E-state index contributed by atoms with van der Waals surface area (Å²) in [7, 11) is 0. The number of carbonyl (C=O) groups is 1. The first-order valence-electron chi connectivity index (χ1n) is 5.92. The van der Waals surface area contributed by atoms with Crippen molar-refractivity contribution in [3.8, 4) is 0 Å². The zero-order valence-corrected chi connectivity index (χ0v) is 10.4. The van der Waals surface area contributed by atoms with E-state index in [1.165, 1.54) is 6.07 Å². The molecule has 1 aliphatic heterocycles. The van der Waals surface area contributed by atoms with Crippen LogP contribution in [0.5, 0.6) is 0 Å². The number of halogens is 3. The van der Waals surface area contributed by atoms with Crippen molar-refractivity contribution in [3.63, 3.8) is 0 Å². The molecule has 7 heteroatoms. The summed E-state index contributed by atoms with van der Waals surface area (Å²) in [5.74, 6) is -0.721. The van der Waals surface area contributed by atoms with Gasteiger partial charge in [0.1, 0.15) is 6.10 Å². The van der Waals surface area contributed by atoms with Crippen molar-refractivity contribution >= 4 is 11.9 Å². The summed E-state index contributed by atoms with van der Waals surface area (Å²) in [6.07, 6.45) is -4.97. The first kappa shape index (κ1) is 14.4. The maximum Gasteiger partial charge on any atom is 0.416 e. The zero-order chi connectivity index (χ0) is 14.8. The number of alkyl halides is 3. The topological polar surface area (TPSA) is 58.9 Å². The largest absolute Gasteiger partial charge is 0.481 e. The molecule has 0 fully saturated rings. The Morgan fingerprint density at radius 2 is 2.20 bits per heavy atom. The van der Waals surface area contributed by atoms with Crippen LogP contribution < -0.4 is 0 Å². The molecule has 0 aliphatic carbocycles. The zero-order valence-electron chi connectivity index (χ0n) is 10.4. The average molecular weight is 287 g/mol. The predicted molar refractivity (Wildman–Crippen MR) is 64.6 cm³/mol. The van der Waals surface area contributed by atoms with Crippen molar-refractivity contribution in [2.75, 3.05) is 6.54 Å². The second kappa shape index (κ2) is 5.52. The van der Waals surface area contributed by atoms with Crippen LogP contribution in [0, 0.1) is 0 Å². The third kappa shape index (κ3) is 3.72. The Hall–Kier alpha value is -2.05. The number of ether oxygens (including phenoxy) is 1. The molecule has 108 valence electrons. The smallest absolute Gasteiger partial charge is 0.416 e. The SMILES string of the molecule is O=C(O)CC1CN=C(Cc2cccc(C(F)(F)F)c2)O1. The van der Waals surface area contributed by atoms with Crippen molar-refractivity contribution in [1.82, 2.24) is 0 Å². The van der Waals surface area contributed by atoms with Crippen molar-refractivity contribution in [1.29, 1.82) is 0 Å². The van der Waals surface area contributed by atoms with Gasteiger partial charge in [0.05, 0.1) is 18.5 Å². The van der Waals surface area contributed by atoms with Gasteiger partial charge < -0.3 is 9.84 Å². The average Bonchev–Trinajstić information content (AvgIpc) is 2.75. The molecule has 0 radical (unpaired) electrons. The minimum Gasteiger partial charge on any atom is -0.481 e. The van der Waals surface area contributed by atoms with Gasteiger partial charge in [-0.05, 0) is 11.6 Å². The summed E-state index contributed by atoms with van der Waals surface area (Å²) in [4.78, 5) is 14.5. The second-order valence-electron chi connectivity index (χ2n) is 4.45. The van der Waals surface area contributed by atoms with E-state index in [2.05, 4.69) is 4.99 Å². The maximum atomic E-state index is 12.6.